The van der Waals surface area contributed by atoms with Crippen molar-refractivity contribution in [3.63, 3.8) is 0 Å². The molecule has 0 radical (unpaired) electrons. The van der Waals surface area contributed by atoms with Crippen LogP contribution < -0.4 is 10.7 Å². The molecule has 3 N–H and O–H groups in total. The fourth-order valence-corrected chi connectivity index (χ4v) is 1.10. The number of H-pyrrole nitrogens is 1. The highest BCUT2D eigenvalue weighted by molar-refractivity contribution is 7.89. The molecule has 0 bridgehead atoms. The van der Waals surface area contributed by atoms with Gasteiger partial charge in [0.1, 0.15) is 5.03 Å². The first-order valence-electron chi connectivity index (χ1n) is 2.72. The van der Waals surface area contributed by atoms with Crippen molar-refractivity contribution in [1.29, 1.82) is 0 Å². The van der Waals surface area contributed by atoms with E-state index in [1.54, 1.807) is 0 Å². The van der Waals surface area contributed by atoms with Crippen molar-refractivity contribution in [1.82, 2.24) is 4.98 Å². The number of sulfonamides is 1. The lowest BCUT2D eigenvalue weighted by molar-refractivity contribution is 0.593. The van der Waals surface area contributed by atoms with Crippen LogP contribution in [0.15, 0.2) is 28.0 Å². The number of primary sulfonamides is 1. The van der Waals surface area contributed by atoms with Crippen LogP contribution in [-0.2, 0) is 10.0 Å². The van der Waals surface area contributed by atoms with E-state index in [2.05, 4.69) is 4.98 Å². The molecule has 6 heteroatoms. The third-order valence-corrected chi connectivity index (χ3v) is 1.90. The Labute approximate surface area is 62.9 Å². The molecule has 0 unspecified atom stereocenters. The Balaban J connectivity index is 3.40. The Bertz CT molecular complexity index is 406. The van der Waals surface area contributed by atoms with Crippen molar-refractivity contribution < 1.29 is 8.42 Å². The van der Waals surface area contributed by atoms with E-state index >= 15 is 0 Å². The first-order valence-corrected chi connectivity index (χ1v) is 4.27. The molecule has 11 heavy (non-hydrogen) atoms. The smallest absolute Gasteiger partial charge is 0.253 e. The molecule has 0 amide bonds. The van der Waals surface area contributed by atoms with Gasteiger partial charge < -0.3 is 4.98 Å². The molecular weight excluding hydrogens is 168 g/mol. The highest BCUT2D eigenvalue weighted by Crippen LogP contribution is 1.95. The summed E-state index contributed by atoms with van der Waals surface area (Å²) in [7, 11) is -3.78. The molecular formula is C5H6N2O3S. The molecule has 0 aliphatic heterocycles. The Morgan fingerprint density at radius 1 is 1.36 bits per heavy atom. The summed E-state index contributed by atoms with van der Waals surface area (Å²) in [6.45, 7) is 0. The van der Waals surface area contributed by atoms with E-state index in [0.29, 0.717) is 0 Å². The Morgan fingerprint density at radius 3 is 2.36 bits per heavy atom. The zero-order chi connectivity index (χ0) is 8.48. The van der Waals surface area contributed by atoms with E-state index in [1.807, 2.05) is 0 Å². The Morgan fingerprint density at radius 2 is 2.00 bits per heavy atom. The fourth-order valence-electron chi connectivity index (χ4n) is 0.594. The van der Waals surface area contributed by atoms with Crippen molar-refractivity contribution >= 4 is 10.0 Å². The summed E-state index contributed by atoms with van der Waals surface area (Å²) >= 11 is 0. The number of hydrogen-bond donors (Lipinski definition) is 2. The lowest BCUT2D eigenvalue weighted by Gasteiger charge is -1.94. The van der Waals surface area contributed by atoms with Gasteiger partial charge in [0.25, 0.3) is 10.0 Å². The maximum Gasteiger partial charge on any atom is 0.253 e. The summed E-state index contributed by atoms with van der Waals surface area (Å²) in [5.41, 5.74) is -0.489. The topological polar surface area (TPSA) is 93.0 Å². The molecule has 1 aromatic heterocycles. The van der Waals surface area contributed by atoms with Gasteiger partial charge in [-0.1, -0.05) is 6.07 Å². The summed E-state index contributed by atoms with van der Waals surface area (Å²) in [5.74, 6) is 0. The summed E-state index contributed by atoms with van der Waals surface area (Å²) in [4.78, 5) is 12.6. The molecule has 1 rings (SSSR count). The van der Waals surface area contributed by atoms with Crippen LogP contribution in [0, 0.1) is 0 Å². The molecule has 0 spiro atoms. The number of aromatic amines is 1. The molecule has 60 valence electrons. The number of nitrogens with two attached hydrogens (primary N) is 1. The van der Waals surface area contributed by atoms with Crippen LogP contribution in [-0.4, -0.2) is 13.4 Å². The van der Waals surface area contributed by atoms with Crippen molar-refractivity contribution in [2.75, 3.05) is 0 Å². The maximum atomic E-state index is 10.6. The SMILES string of the molecule is NS(=O)(=O)c1cccc(=O)[nH]1. The summed E-state index contributed by atoms with van der Waals surface area (Å²) in [5, 5.41) is 4.45. The lowest BCUT2D eigenvalue weighted by atomic mass is 10.5. The number of rotatable bonds is 1. The van der Waals surface area contributed by atoms with E-state index in [-0.39, 0.29) is 5.03 Å². The molecule has 5 nitrogen and oxygen atoms in total. The fraction of sp³-hybridized carbons (Fsp3) is 0. The van der Waals surface area contributed by atoms with Gasteiger partial charge in [0.15, 0.2) is 0 Å². The zero-order valence-electron chi connectivity index (χ0n) is 5.44. The van der Waals surface area contributed by atoms with E-state index in [0.717, 1.165) is 0 Å². The van der Waals surface area contributed by atoms with Gasteiger partial charge in [-0.15, -0.1) is 0 Å². The van der Waals surface area contributed by atoms with Gasteiger partial charge in [-0.3, -0.25) is 4.79 Å². The average Bonchev–Trinajstić information content (AvgIpc) is 1.86. The maximum absolute atomic E-state index is 10.6. The molecule has 1 heterocycles. The van der Waals surface area contributed by atoms with Crippen LogP contribution >= 0.6 is 0 Å². The van der Waals surface area contributed by atoms with Gasteiger partial charge in [0, 0.05) is 6.07 Å². The largest absolute Gasteiger partial charge is 0.312 e. The van der Waals surface area contributed by atoms with Crippen molar-refractivity contribution in [2.24, 2.45) is 5.14 Å². The molecule has 1 aromatic rings. The minimum atomic E-state index is -3.78. The monoisotopic (exact) mass is 174 g/mol. The van der Waals surface area contributed by atoms with Crippen molar-refractivity contribution in [3.05, 3.63) is 28.6 Å². The summed E-state index contributed by atoms with van der Waals surface area (Å²) < 4.78 is 21.2. The Kier molecular flexibility index (Phi) is 1.79. The predicted octanol–water partition coefficient (Wildman–Crippen LogP) is -0.978. The molecule has 0 aromatic carbocycles. The molecule has 0 aliphatic rings. The van der Waals surface area contributed by atoms with Gasteiger partial charge in [-0.05, 0) is 6.07 Å². The van der Waals surface area contributed by atoms with Gasteiger partial charge in [-0.25, -0.2) is 13.6 Å². The van der Waals surface area contributed by atoms with E-state index in [9.17, 15) is 13.2 Å². The lowest BCUT2D eigenvalue weighted by Crippen LogP contribution is -2.17. The third-order valence-electron chi connectivity index (χ3n) is 1.05. The highest BCUT2D eigenvalue weighted by atomic mass is 32.2. The second-order valence-corrected chi connectivity index (χ2v) is 3.45. The predicted molar refractivity (Wildman–Crippen MR) is 38.4 cm³/mol. The number of hydrogen-bond acceptors (Lipinski definition) is 3. The van der Waals surface area contributed by atoms with Gasteiger partial charge in [0.05, 0.1) is 0 Å². The van der Waals surface area contributed by atoms with Crippen LogP contribution in [0.25, 0.3) is 0 Å². The average molecular weight is 174 g/mol. The molecule has 0 atom stereocenters. The van der Waals surface area contributed by atoms with Gasteiger partial charge in [-0.2, -0.15) is 0 Å². The Hall–Kier alpha value is -1.14. The standard InChI is InChI=1S/C5H6N2O3S/c6-11(9,10)5-3-1-2-4(8)7-5/h1-3H,(H,7,8)(H2,6,9,10). The minimum Gasteiger partial charge on any atom is -0.312 e. The third kappa shape index (κ3) is 1.89. The van der Waals surface area contributed by atoms with E-state index in [1.165, 1.54) is 18.2 Å². The first kappa shape index (κ1) is 7.96. The normalized spacial score (nSPS) is 11.4. The van der Waals surface area contributed by atoms with Crippen LogP contribution in [0.2, 0.25) is 0 Å². The molecule has 0 saturated heterocycles. The van der Waals surface area contributed by atoms with Crippen molar-refractivity contribution in [2.45, 2.75) is 5.03 Å². The molecule has 0 aliphatic carbocycles. The minimum absolute atomic E-state index is 0.273. The summed E-state index contributed by atoms with van der Waals surface area (Å²) in [6.07, 6.45) is 0. The molecule has 0 fully saturated rings. The number of aromatic nitrogens is 1. The van der Waals surface area contributed by atoms with Gasteiger partial charge in [0.2, 0.25) is 5.56 Å². The van der Waals surface area contributed by atoms with Crippen LogP contribution in [0.4, 0.5) is 0 Å². The van der Waals surface area contributed by atoms with Crippen LogP contribution in [0.5, 0.6) is 0 Å². The number of pyridine rings is 1. The first-order chi connectivity index (χ1) is 5.00. The summed E-state index contributed by atoms with van der Waals surface area (Å²) in [6, 6.07) is 3.74. The zero-order valence-corrected chi connectivity index (χ0v) is 6.26. The second-order valence-electron chi connectivity index (χ2n) is 1.92. The van der Waals surface area contributed by atoms with Crippen LogP contribution in [0.3, 0.4) is 0 Å². The quantitative estimate of drug-likeness (QED) is 0.573. The van der Waals surface area contributed by atoms with Gasteiger partial charge >= 0.3 is 0 Å². The molecule has 0 saturated carbocycles. The van der Waals surface area contributed by atoms with E-state index < -0.39 is 15.6 Å². The highest BCUT2D eigenvalue weighted by Gasteiger charge is 2.06. The van der Waals surface area contributed by atoms with E-state index in [4.69, 9.17) is 5.14 Å². The second kappa shape index (κ2) is 2.48. The van der Waals surface area contributed by atoms with Crippen molar-refractivity contribution in [3.8, 4) is 0 Å². The number of nitrogens with one attached hydrogen (secondary N) is 1. The van der Waals surface area contributed by atoms with Crippen LogP contribution in [0.1, 0.15) is 0 Å².